The zero-order valence-corrected chi connectivity index (χ0v) is 29.0. The summed E-state index contributed by atoms with van der Waals surface area (Å²) in [4.78, 5) is 19.1. The number of allylic oxidation sites excluding steroid dienone is 5. The molecule has 3 heterocycles. The van der Waals surface area contributed by atoms with Crippen LogP contribution in [0.4, 0.5) is 11.4 Å². The Morgan fingerprint density at radius 3 is 1.88 bits per heavy atom. The Morgan fingerprint density at radius 2 is 1.13 bits per heavy atom. The summed E-state index contributed by atoms with van der Waals surface area (Å²) in [5.41, 5.74) is 11.0. The Balaban J connectivity index is 1.08. The van der Waals surface area contributed by atoms with Crippen LogP contribution in [0.1, 0.15) is 33.7 Å². The van der Waals surface area contributed by atoms with Crippen molar-refractivity contribution in [3.05, 3.63) is 186 Å². The Morgan fingerprint density at radius 1 is 0.500 bits per heavy atom. The second-order valence-electron chi connectivity index (χ2n) is 13.9. The van der Waals surface area contributed by atoms with Crippen molar-refractivity contribution in [1.82, 2.24) is 15.0 Å². The highest BCUT2D eigenvalue weighted by Crippen LogP contribution is 2.56. The maximum atomic E-state index is 5.14. The zero-order valence-electron chi connectivity index (χ0n) is 28.2. The fraction of sp³-hybridized carbons (Fsp3) is 0.0851. The SMILES string of the molecule is C1=CC2c3ccccc3N(c3ccccc3-c3cccc4sc5c(c34)[C@@H]3C=CC3C(c3nc(-c4ccccc4)nc(-c4ccccc4)n3)=C5)C2C=C1. The topological polar surface area (TPSA) is 41.9 Å². The molecule has 1 aliphatic heterocycles. The Kier molecular flexibility index (Phi) is 6.64. The van der Waals surface area contributed by atoms with Crippen LogP contribution in [-0.4, -0.2) is 21.0 Å². The van der Waals surface area contributed by atoms with Crippen molar-refractivity contribution >= 4 is 44.4 Å². The number of fused-ring (bicyclic) bond motifs is 8. The van der Waals surface area contributed by atoms with Gasteiger partial charge in [-0.3, -0.25) is 0 Å². The molecule has 3 unspecified atom stereocenters. The molecule has 2 aromatic heterocycles. The summed E-state index contributed by atoms with van der Waals surface area (Å²) in [6.45, 7) is 0. The monoisotopic (exact) mass is 684 g/mol. The van der Waals surface area contributed by atoms with Gasteiger partial charge < -0.3 is 4.90 Å². The molecule has 3 aliphatic carbocycles. The van der Waals surface area contributed by atoms with Crippen molar-refractivity contribution in [3.8, 4) is 33.9 Å². The molecule has 0 radical (unpaired) electrons. The lowest BCUT2D eigenvalue weighted by atomic mass is 9.69. The number of thiophene rings is 1. The Hall–Kier alpha value is -6.17. The van der Waals surface area contributed by atoms with Gasteiger partial charge in [-0.1, -0.05) is 146 Å². The first-order valence-corrected chi connectivity index (χ1v) is 18.8. The van der Waals surface area contributed by atoms with Gasteiger partial charge in [-0.15, -0.1) is 11.3 Å². The van der Waals surface area contributed by atoms with Crippen molar-refractivity contribution in [3.63, 3.8) is 0 Å². The molecular weight excluding hydrogens is 653 g/mol. The van der Waals surface area contributed by atoms with Crippen molar-refractivity contribution in [2.45, 2.75) is 17.9 Å². The van der Waals surface area contributed by atoms with Crippen molar-refractivity contribution in [2.75, 3.05) is 4.90 Å². The third kappa shape index (κ3) is 4.49. The summed E-state index contributed by atoms with van der Waals surface area (Å²) >= 11 is 1.88. The van der Waals surface area contributed by atoms with E-state index >= 15 is 0 Å². The van der Waals surface area contributed by atoms with Crippen LogP contribution in [-0.2, 0) is 0 Å². The summed E-state index contributed by atoms with van der Waals surface area (Å²) in [5, 5.41) is 1.36. The third-order valence-electron chi connectivity index (χ3n) is 11.0. The molecule has 7 aromatic rings. The molecule has 246 valence electrons. The Labute approximate surface area is 306 Å². The molecule has 0 saturated heterocycles. The van der Waals surface area contributed by atoms with Crippen molar-refractivity contribution in [1.29, 1.82) is 0 Å². The van der Waals surface area contributed by atoms with Crippen LogP contribution in [0, 0.1) is 5.92 Å². The van der Waals surface area contributed by atoms with Crippen LogP contribution >= 0.6 is 11.3 Å². The molecule has 0 saturated carbocycles. The number of anilines is 2. The van der Waals surface area contributed by atoms with Crippen LogP contribution in [0.5, 0.6) is 0 Å². The maximum absolute atomic E-state index is 5.14. The molecule has 4 nitrogen and oxygen atoms in total. The van der Waals surface area contributed by atoms with Crippen LogP contribution < -0.4 is 4.90 Å². The van der Waals surface area contributed by atoms with Crippen molar-refractivity contribution < 1.29 is 0 Å². The highest BCUT2D eigenvalue weighted by atomic mass is 32.1. The molecular formula is C47H32N4S. The Bertz CT molecular complexity index is 2610. The molecule has 0 N–H and O–H groups in total. The summed E-state index contributed by atoms with van der Waals surface area (Å²) < 4.78 is 1.31. The smallest absolute Gasteiger partial charge is 0.164 e. The number of hydrogen-bond acceptors (Lipinski definition) is 5. The third-order valence-corrected chi connectivity index (χ3v) is 12.2. The molecule has 0 spiro atoms. The standard InChI is InChI=1S/C47H32N4S/c1-3-14-29(15-4-1)45-48-46(30-16-5-2-6-17-30)50-47(49-45)37-28-42-44(36-27-26-31(36)37)43-35(21-13-25-41(43)52-42)34-20-9-12-24-40(34)51-38-22-10-7-18-32(38)33-19-8-11-23-39(33)51/h1-28,31-32,36,38H/t31?,32?,36-,38?/m1/s1. The molecule has 0 amide bonds. The first kappa shape index (κ1) is 29.5. The van der Waals surface area contributed by atoms with Crippen LogP contribution in [0.3, 0.4) is 0 Å². The van der Waals surface area contributed by atoms with E-state index in [1.54, 1.807) is 0 Å². The summed E-state index contributed by atoms with van der Waals surface area (Å²) in [7, 11) is 0. The van der Waals surface area contributed by atoms with E-state index in [1.165, 1.54) is 48.6 Å². The molecule has 5 heteroatoms. The van der Waals surface area contributed by atoms with E-state index in [1.807, 2.05) is 47.7 Å². The number of hydrogen-bond donors (Lipinski definition) is 0. The van der Waals surface area contributed by atoms with Crippen LogP contribution in [0.25, 0.3) is 55.6 Å². The maximum Gasteiger partial charge on any atom is 0.164 e. The van der Waals surface area contributed by atoms with E-state index in [-0.39, 0.29) is 17.9 Å². The van der Waals surface area contributed by atoms with Crippen LogP contribution in [0.2, 0.25) is 0 Å². The second kappa shape index (κ2) is 11.7. The number of benzene rings is 5. The van der Waals surface area contributed by atoms with Gasteiger partial charge in [0, 0.05) is 66.4 Å². The number of rotatable bonds is 5. The lowest BCUT2D eigenvalue weighted by molar-refractivity contribution is 0.654. The fourth-order valence-electron chi connectivity index (χ4n) is 8.63. The lowest BCUT2D eigenvalue weighted by Crippen LogP contribution is -2.28. The number of para-hydroxylation sites is 2. The van der Waals surface area contributed by atoms with Gasteiger partial charge in [0.05, 0.1) is 6.04 Å². The van der Waals surface area contributed by atoms with Crippen molar-refractivity contribution in [2.24, 2.45) is 5.92 Å². The van der Waals surface area contributed by atoms with Gasteiger partial charge in [0.1, 0.15) is 0 Å². The largest absolute Gasteiger partial charge is 0.333 e. The zero-order chi connectivity index (χ0) is 34.2. The fourth-order valence-corrected chi connectivity index (χ4v) is 9.87. The number of nitrogens with zero attached hydrogens (tertiary/aromatic N) is 4. The van der Waals surface area contributed by atoms with Crippen LogP contribution in [0.15, 0.2) is 164 Å². The van der Waals surface area contributed by atoms with Gasteiger partial charge in [-0.2, -0.15) is 0 Å². The van der Waals surface area contributed by atoms with E-state index in [4.69, 9.17) is 15.0 Å². The lowest BCUT2D eigenvalue weighted by Gasteiger charge is -2.35. The minimum atomic E-state index is 0.189. The molecule has 11 rings (SSSR count). The van der Waals surface area contributed by atoms with Gasteiger partial charge in [-0.25, -0.2) is 15.0 Å². The molecule has 4 aliphatic rings. The highest BCUT2D eigenvalue weighted by Gasteiger charge is 2.40. The minimum Gasteiger partial charge on any atom is -0.333 e. The van der Waals surface area contributed by atoms with E-state index in [0.717, 1.165) is 22.5 Å². The molecule has 4 atom stereocenters. The van der Waals surface area contributed by atoms with Gasteiger partial charge >= 0.3 is 0 Å². The number of aromatic nitrogens is 3. The summed E-state index contributed by atoms with van der Waals surface area (Å²) in [6, 6.07) is 45.4. The van der Waals surface area contributed by atoms with E-state index in [9.17, 15) is 0 Å². The van der Waals surface area contributed by atoms with E-state index in [2.05, 4.69) is 138 Å². The summed E-state index contributed by atoms with van der Waals surface area (Å²) in [6.07, 6.45) is 16.2. The van der Waals surface area contributed by atoms with E-state index in [0.29, 0.717) is 17.6 Å². The molecule has 0 fully saturated rings. The first-order valence-electron chi connectivity index (χ1n) is 18.0. The van der Waals surface area contributed by atoms with Gasteiger partial charge in [0.2, 0.25) is 0 Å². The molecule has 0 bridgehead atoms. The van der Waals surface area contributed by atoms with Gasteiger partial charge in [-0.05, 0) is 41.0 Å². The molecule has 5 aromatic carbocycles. The average molecular weight is 685 g/mol. The highest BCUT2D eigenvalue weighted by molar-refractivity contribution is 7.20. The van der Waals surface area contributed by atoms with Gasteiger partial charge in [0.15, 0.2) is 17.5 Å². The normalized spacial score (nSPS) is 20.5. The average Bonchev–Trinajstić information content (AvgIpc) is 3.73. The minimum absolute atomic E-state index is 0.189. The van der Waals surface area contributed by atoms with Gasteiger partial charge in [0.25, 0.3) is 0 Å². The predicted molar refractivity (Wildman–Crippen MR) is 215 cm³/mol. The summed E-state index contributed by atoms with van der Waals surface area (Å²) in [5.74, 6) is 2.91. The quantitative estimate of drug-likeness (QED) is 0.169. The van der Waals surface area contributed by atoms with E-state index < -0.39 is 0 Å². The predicted octanol–water partition coefficient (Wildman–Crippen LogP) is 11.6. The molecule has 52 heavy (non-hydrogen) atoms. The first-order chi connectivity index (χ1) is 25.8. The second-order valence-corrected chi connectivity index (χ2v) is 14.9.